The third-order valence-electron chi connectivity index (χ3n) is 2.77. The van der Waals surface area contributed by atoms with E-state index >= 15 is 0 Å². The van der Waals surface area contributed by atoms with Gasteiger partial charge >= 0.3 is 0 Å². The predicted octanol–water partition coefficient (Wildman–Crippen LogP) is 3.30. The Morgan fingerprint density at radius 3 is 1.73 bits per heavy atom. The van der Waals surface area contributed by atoms with Gasteiger partial charge in [-0.05, 0) is 31.6 Å². The van der Waals surface area contributed by atoms with Gasteiger partial charge < -0.3 is 4.74 Å². The second-order valence-electron chi connectivity index (χ2n) is 5.47. The highest BCUT2D eigenvalue weighted by molar-refractivity contribution is 5.82. The molecule has 0 radical (unpaired) electrons. The molecule has 0 atom stereocenters. The average molecular weight is 214 g/mol. The van der Waals surface area contributed by atoms with Crippen molar-refractivity contribution in [2.75, 3.05) is 13.7 Å². The van der Waals surface area contributed by atoms with Crippen LogP contribution >= 0.6 is 0 Å². The Morgan fingerprint density at radius 1 is 1.13 bits per heavy atom. The zero-order valence-corrected chi connectivity index (χ0v) is 11.1. The maximum absolute atomic E-state index is 11.8. The number of ether oxygens (including phenoxy) is 1. The van der Waals surface area contributed by atoms with Gasteiger partial charge in [0.15, 0.2) is 0 Å². The standard InChI is InChI=1S/C13H26O2/c1-10(2)7-13(9-15-6,12(5)14)8-11(3)4/h10-11H,7-9H2,1-6H3. The summed E-state index contributed by atoms with van der Waals surface area (Å²) in [4.78, 5) is 11.8. The molecule has 0 N–H and O–H groups in total. The third kappa shape index (κ3) is 4.78. The zero-order chi connectivity index (χ0) is 12.1. The van der Waals surface area contributed by atoms with Crippen molar-refractivity contribution in [3.63, 3.8) is 0 Å². The Kier molecular flexibility index (Phi) is 6.11. The Hall–Kier alpha value is -0.370. The molecule has 0 aliphatic heterocycles. The molecule has 2 nitrogen and oxygen atoms in total. The molecule has 0 aromatic heterocycles. The molecule has 0 fully saturated rings. The number of carbonyl (C=O) groups is 1. The first-order chi connectivity index (χ1) is 6.84. The minimum atomic E-state index is -0.267. The summed E-state index contributed by atoms with van der Waals surface area (Å²) in [5.74, 6) is 1.33. The van der Waals surface area contributed by atoms with Gasteiger partial charge in [-0.2, -0.15) is 0 Å². The van der Waals surface area contributed by atoms with Gasteiger partial charge in [0.2, 0.25) is 0 Å². The third-order valence-corrected chi connectivity index (χ3v) is 2.77. The van der Waals surface area contributed by atoms with E-state index in [0.29, 0.717) is 18.4 Å². The Labute approximate surface area is 94.4 Å². The van der Waals surface area contributed by atoms with E-state index in [1.165, 1.54) is 0 Å². The minimum Gasteiger partial charge on any atom is -0.384 e. The first-order valence-electron chi connectivity index (χ1n) is 5.84. The van der Waals surface area contributed by atoms with E-state index in [2.05, 4.69) is 27.7 Å². The molecule has 0 amide bonds. The van der Waals surface area contributed by atoms with Crippen molar-refractivity contribution in [1.82, 2.24) is 0 Å². The van der Waals surface area contributed by atoms with Gasteiger partial charge in [-0.25, -0.2) is 0 Å². The maximum atomic E-state index is 11.8. The molecule has 0 heterocycles. The van der Waals surface area contributed by atoms with Crippen molar-refractivity contribution < 1.29 is 9.53 Å². The van der Waals surface area contributed by atoms with Crippen LogP contribution in [0.2, 0.25) is 0 Å². The van der Waals surface area contributed by atoms with Crippen molar-refractivity contribution in [1.29, 1.82) is 0 Å². The molecule has 0 unspecified atom stereocenters. The van der Waals surface area contributed by atoms with Crippen molar-refractivity contribution >= 4 is 5.78 Å². The molecule has 2 heteroatoms. The first-order valence-corrected chi connectivity index (χ1v) is 5.84. The molecule has 0 aromatic carbocycles. The van der Waals surface area contributed by atoms with E-state index in [-0.39, 0.29) is 11.2 Å². The normalized spacial score (nSPS) is 12.5. The van der Waals surface area contributed by atoms with Crippen LogP contribution in [0.15, 0.2) is 0 Å². The van der Waals surface area contributed by atoms with Gasteiger partial charge in [-0.15, -0.1) is 0 Å². The lowest BCUT2D eigenvalue weighted by molar-refractivity contribution is -0.132. The highest BCUT2D eigenvalue weighted by Crippen LogP contribution is 2.35. The van der Waals surface area contributed by atoms with Crippen LogP contribution < -0.4 is 0 Å². The van der Waals surface area contributed by atoms with Crippen LogP contribution in [-0.2, 0) is 9.53 Å². The average Bonchev–Trinajstić information content (AvgIpc) is 2.01. The van der Waals surface area contributed by atoms with Gasteiger partial charge in [0.05, 0.1) is 12.0 Å². The van der Waals surface area contributed by atoms with Crippen LogP contribution in [0.5, 0.6) is 0 Å². The molecular weight excluding hydrogens is 188 g/mol. The number of carbonyl (C=O) groups excluding carboxylic acids is 1. The number of methoxy groups -OCH3 is 1. The smallest absolute Gasteiger partial charge is 0.138 e. The lowest BCUT2D eigenvalue weighted by Gasteiger charge is -2.33. The molecule has 0 bridgehead atoms. The molecule has 90 valence electrons. The van der Waals surface area contributed by atoms with Crippen LogP contribution in [0, 0.1) is 17.3 Å². The zero-order valence-electron chi connectivity index (χ0n) is 11.1. The number of Topliss-reactive ketones (excluding diaryl/α,β-unsaturated/α-hetero) is 1. The fourth-order valence-electron chi connectivity index (χ4n) is 2.43. The monoisotopic (exact) mass is 214 g/mol. The summed E-state index contributed by atoms with van der Waals surface area (Å²) in [7, 11) is 1.68. The first kappa shape index (κ1) is 14.6. The summed E-state index contributed by atoms with van der Waals surface area (Å²) in [5.41, 5.74) is -0.267. The van der Waals surface area contributed by atoms with E-state index in [1.54, 1.807) is 14.0 Å². The molecule has 0 rings (SSSR count). The summed E-state index contributed by atoms with van der Waals surface area (Å²) < 4.78 is 5.25. The van der Waals surface area contributed by atoms with E-state index < -0.39 is 0 Å². The number of ketones is 1. The number of rotatable bonds is 7. The summed E-state index contributed by atoms with van der Waals surface area (Å²) >= 11 is 0. The van der Waals surface area contributed by atoms with Crippen molar-refractivity contribution in [2.24, 2.45) is 17.3 Å². The van der Waals surface area contributed by atoms with Crippen molar-refractivity contribution in [3.05, 3.63) is 0 Å². The van der Waals surface area contributed by atoms with Gasteiger partial charge in [0.25, 0.3) is 0 Å². The Morgan fingerprint density at radius 2 is 1.53 bits per heavy atom. The summed E-state index contributed by atoms with van der Waals surface area (Å²) in [6.45, 7) is 10.9. The van der Waals surface area contributed by atoms with Crippen LogP contribution in [0.25, 0.3) is 0 Å². The number of hydrogen-bond donors (Lipinski definition) is 0. The van der Waals surface area contributed by atoms with E-state index in [0.717, 1.165) is 12.8 Å². The van der Waals surface area contributed by atoms with E-state index in [1.807, 2.05) is 0 Å². The molecular formula is C13H26O2. The van der Waals surface area contributed by atoms with Crippen LogP contribution in [0.4, 0.5) is 0 Å². The highest BCUT2D eigenvalue weighted by Gasteiger charge is 2.36. The maximum Gasteiger partial charge on any atom is 0.138 e. The summed E-state index contributed by atoms with van der Waals surface area (Å²) in [6, 6.07) is 0. The summed E-state index contributed by atoms with van der Waals surface area (Å²) in [5, 5.41) is 0. The largest absolute Gasteiger partial charge is 0.384 e. The SMILES string of the molecule is COCC(CC(C)C)(CC(C)C)C(C)=O. The Balaban J connectivity index is 4.80. The van der Waals surface area contributed by atoms with Crippen molar-refractivity contribution in [3.8, 4) is 0 Å². The molecule has 0 spiro atoms. The minimum absolute atomic E-state index is 0.267. The quantitative estimate of drug-likeness (QED) is 0.650. The predicted molar refractivity (Wildman–Crippen MR) is 63.9 cm³/mol. The van der Waals surface area contributed by atoms with Gasteiger partial charge in [0, 0.05) is 7.11 Å². The fraction of sp³-hybridized carbons (Fsp3) is 0.923. The van der Waals surface area contributed by atoms with Gasteiger partial charge in [-0.1, -0.05) is 27.7 Å². The van der Waals surface area contributed by atoms with Crippen molar-refractivity contribution in [2.45, 2.75) is 47.5 Å². The molecule has 15 heavy (non-hydrogen) atoms. The molecule has 0 saturated heterocycles. The van der Waals surface area contributed by atoms with Gasteiger partial charge in [0.1, 0.15) is 5.78 Å². The second-order valence-corrected chi connectivity index (χ2v) is 5.47. The molecule has 0 aliphatic carbocycles. The van der Waals surface area contributed by atoms with E-state index in [9.17, 15) is 4.79 Å². The molecule has 0 aliphatic rings. The topological polar surface area (TPSA) is 26.3 Å². The Bertz CT molecular complexity index is 185. The highest BCUT2D eigenvalue weighted by atomic mass is 16.5. The lowest BCUT2D eigenvalue weighted by Crippen LogP contribution is -2.37. The van der Waals surface area contributed by atoms with Crippen LogP contribution in [0.3, 0.4) is 0 Å². The fourth-order valence-corrected chi connectivity index (χ4v) is 2.43. The molecule has 0 saturated carbocycles. The van der Waals surface area contributed by atoms with Gasteiger partial charge in [-0.3, -0.25) is 4.79 Å². The lowest BCUT2D eigenvalue weighted by atomic mass is 9.72. The summed E-state index contributed by atoms with van der Waals surface area (Å²) in [6.07, 6.45) is 1.85. The van der Waals surface area contributed by atoms with E-state index in [4.69, 9.17) is 4.74 Å². The molecule has 0 aromatic rings. The second kappa shape index (κ2) is 6.26. The number of hydrogen-bond acceptors (Lipinski definition) is 2. The van der Waals surface area contributed by atoms with Crippen LogP contribution in [0.1, 0.15) is 47.5 Å². The van der Waals surface area contributed by atoms with Crippen LogP contribution in [-0.4, -0.2) is 19.5 Å².